The number of amides is 3. The van der Waals surface area contributed by atoms with E-state index in [1.807, 2.05) is 37.3 Å². The molecule has 3 N–H and O–H groups in total. The summed E-state index contributed by atoms with van der Waals surface area (Å²) in [5.74, 6) is 0.0801. The molecule has 0 saturated carbocycles. The molecule has 7 nitrogen and oxygen atoms in total. The van der Waals surface area contributed by atoms with E-state index >= 15 is 0 Å². The minimum Gasteiger partial charge on any atom is -0.468 e. The third-order valence-electron chi connectivity index (χ3n) is 3.02. The van der Waals surface area contributed by atoms with Crippen LogP contribution < -0.4 is 20.7 Å². The second-order valence-corrected chi connectivity index (χ2v) is 4.92. The van der Waals surface area contributed by atoms with Crippen molar-refractivity contribution in [2.45, 2.75) is 13.5 Å². The highest BCUT2D eigenvalue weighted by molar-refractivity contribution is 5.88. The first kappa shape index (κ1) is 17.3. The zero-order valence-electron chi connectivity index (χ0n) is 13.4. The summed E-state index contributed by atoms with van der Waals surface area (Å²) in [6.45, 7) is 2.70. The molecule has 1 aromatic carbocycles. The van der Waals surface area contributed by atoms with Crippen molar-refractivity contribution in [2.24, 2.45) is 0 Å². The highest BCUT2D eigenvalue weighted by Gasteiger charge is 2.05. The van der Waals surface area contributed by atoms with Crippen molar-refractivity contribution in [3.05, 3.63) is 54.2 Å². The van der Waals surface area contributed by atoms with Gasteiger partial charge in [-0.1, -0.05) is 30.3 Å². The predicted molar refractivity (Wildman–Crippen MR) is 90.7 cm³/mol. The van der Waals surface area contributed by atoms with E-state index in [0.717, 1.165) is 5.56 Å². The summed E-state index contributed by atoms with van der Waals surface area (Å²) in [6, 6.07) is 12.6. The highest BCUT2D eigenvalue weighted by Crippen LogP contribution is 2.11. The van der Waals surface area contributed by atoms with Crippen LogP contribution in [0.3, 0.4) is 0 Å². The second kappa shape index (κ2) is 9.14. The summed E-state index contributed by atoms with van der Waals surface area (Å²) >= 11 is 0. The van der Waals surface area contributed by atoms with E-state index in [1.54, 1.807) is 12.1 Å². The summed E-state index contributed by atoms with van der Waals surface area (Å²) in [5, 5.41) is 8.00. The van der Waals surface area contributed by atoms with Crippen LogP contribution in [0.5, 0.6) is 5.88 Å². The van der Waals surface area contributed by atoms with Gasteiger partial charge in [0.2, 0.25) is 5.88 Å². The molecular weight excluding hydrogens is 308 g/mol. The Labute approximate surface area is 140 Å². The predicted octanol–water partition coefficient (Wildman–Crippen LogP) is 1.92. The summed E-state index contributed by atoms with van der Waals surface area (Å²) < 4.78 is 5.31. The Balaban J connectivity index is 1.73. The van der Waals surface area contributed by atoms with Crippen molar-refractivity contribution in [1.29, 1.82) is 0 Å². The van der Waals surface area contributed by atoms with Crippen LogP contribution in [0.2, 0.25) is 0 Å². The molecule has 126 valence electrons. The number of aromatic nitrogens is 1. The van der Waals surface area contributed by atoms with Crippen LogP contribution in [0.15, 0.2) is 48.7 Å². The number of rotatable bonds is 7. The summed E-state index contributed by atoms with van der Waals surface area (Å²) in [5.41, 5.74) is 1.56. The number of hydrogen-bond donors (Lipinski definition) is 3. The van der Waals surface area contributed by atoms with E-state index < -0.39 is 0 Å². The fourth-order valence-electron chi connectivity index (χ4n) is 1.86. The minimum atomic E-state index is -0.298. The maximum Gasteiger partial charge on any atom is 0.319 e. The molecule has 3 amide bonds. The topological polar surface area (TPSA) is 92.4 Å². The average molecular weight is 328 g/mol. The van der Waals surface area contributed by atoms with Crippen LogP contribution >= 0.6 is 0 Å². The van der Waals surface area contributed by atoms with Gasteiger partial charge >= 0.3 is 6.03 Å². The Morgan fingerprint density at radius 2 is 1.88 bits per heavy atom. The molecule has 0 fully saturated rings. The van der Waals surface area contributed by atoms with Gasteiger partial charge in [0.1, 0.15) is 0 Å². The largest absolute Gasteiger partial charge is 0.468 e. The third-order valence-corrected chi connectivity index (χ3v) is 3.02. The lowest BCUT2D eigenvalue weighted by Crippen LogP contribution is -2.28. The number of carbonyl (C=O) groups is 2. The van der Waals surface area contributed by atoms with E-state index in [2.05, 4.69) is 20.9 Å². The Morgan fingerprint density at radius 1 is 1.08 bits per heavy atom. The second-order valence-electron chi connectivity index (χ2n) is 4.92. The van der Waals surface area contributed by atoms with Crippen LogP contribution in [-0.4, -0.2) is 30.1 Å². The van der Waals surface area contributed by atoms with Crippen LogP contribution in [0.4, 0.5) is 10.5 Å². The molecular formula is C17H20N4O3. The number of hydrogen-bond acceptors (Lipinski definition) is 4. The lowest BCUT2D eigenvalue weighted by atomic mass is 10.2. The van der Waals surface area contributed by atoms with Crippen molar-refractivity contribution >= 4 is 17.6 Å². The number of nitrogens with one attached hydrogen (secondary N) is 3. The van der Waals surface area contributed by atoms with E-state index in [1.165, 1.54) is 6.20 Å². The Morgan fingerprint density at radius 3 is 2.54 bits per heavy atom. The van der Waals surface area contributed by atoms with Crippen molar-refractivity contribution in [2.75, 3.05) is 18.5 Å². The molecule has 1 aromatic heterocycles. The molecule has 7 heteroatoms. The smallest absolute Gasteiger partial charge is 0.319 e. The number of urea groups is 1. The quantitative estimate of drug-likeness (QED) is 0.724. The molecule has 2 rings (SSSR count). The SMILES string of the molecule is CCNC(=O)Nc1ccc(OCC(=O)NCc2ccccc2)nc1. The molecule has 0 aliphatic heterocycles. The van der Waals surface area contributed by atoms with Crippen LogP contribution in [0.1, 0.15) is 12.5 Å². The molecule has 0 spiro atoms. The Hall–Kier alpha value is -3.09. The summed E-state index contributed by atoms with van der Waals surface area (Å²) in [4.78, 5) is 27.1. The molecule has 24 heavy (non-hydrogen) atoms. The van der Waals surface area contributed by atoms with Gasteiger partial charge in [-0.05, 0) is 18.6 Å². The number of anilines is 1. The van der Waals surface area contributed by atoms with Gasteiger partial charge < -0.3 is 20.7 Å². The number of pyridine rings is 1. The lowest BCUT2D eigenvalue weighted by molar-refractivity contribution is -0.123. The van der Waals surface area contributed by atoms with Gasteiger partial charge in [0, 0.05) is 19.2 Å². The zero-order chi connectivity index (χ0) is 17.2. The number of carbonyl (C=O) groups excluding carboxylic acids is 2. The Kier molecular flexibility index (Phi) is 6.58. The van der Waals surface area contributed by atoms with Crippen molar-refractivity contribution in [1.82, 2.24) is 15.6 Å². The number of ether oxygens (including phenoxy) is 1. The van der Waals surface area contributed by atoms with Gasteiger partial charge in [0.05, 0.1) is 11.9 Å². The van der Waals surface area contributed by atoms with Crippen molar-refractivity contribution < 1.29 is 14.3 Å². The monoisotopic (exact) mass is 328 g/mol. The maximum atomic E-state index is 11.7. The first-order chi connectivity index (χ1) is 11.7. The minimum absolute atomic E-state index is 0.122. The molecule has 0 bridgehead atoms. The molecule has 0 aliphatic rings. The molecule has 0 unspecified atom stereocenters. The third kappa shape index (κ3) is 5.96. The van der Waals surface area contributed by atoms with Crippen LogP contribution in [-0.2, 0) is 11.3 Å². The van der Waals surface area contributed by atoms with E-state index in [9.17, 15) is 9.59 Å². The molecule has 0 aliphatic carbocycles. The summed E-state index contributed by atoms with van der Waals surface area (Å²) in [6.07, 6.45) is 1.46. The van der Waals surface area contributed by atoms with Crippen molar-refractivity contribution in [3.8, 4) is 5.88 Å². The first-order valence-corrected chi connectivity index (χ1v) is 7.61. The van der Waals surface area contributed by atoms with Gasteiger partial charge in [-0.15, -0.1) is 0 Å². The molecule has 0 radical (unpaired) electrons. The fourth-order valence-corrected chi connectivity index (χ4v) is 1.86. The molecule has 0 atom stereocenters. The fraction of sp³-hybridized carbons (Fsp3) is 0.235. The average Bonchev–Trinajstić information content (AvgIpc) is 2.60. The van der Waals surface area contributed by atoms with Gasteiger partial charge in [-0.3, -0.25) is 4.79 Å². The number of nitrogens with zero attached hydrogens (tertiary/aromatic N) is 1. The lowest BCUT2D eigenvalue weighted by Gasteiger charge is -2.08. The van der Waals surface area contributed by atoms with Gasteiger partial charge in [-0.25, -0.2) is 9.78 Å². The maximum absolute atomic E-state index is 11.7. The zero-order valence-corrected chi connectivity index (χ0v) is 13.4. The standard InChI is InChI=1S/C17H20N4O3/c1-2-18-17(23)21-14-8-9-16(20-11-14)24-12-15(22)19-10-13-6-4-3-5-7-13/h3-9,11H,2,10,12H2,1H3,(H,19,22)(H2,18,21,23). The molecule has 1 heterocycles. The van der Waals surface area contributed by atoms with E-state index in [0.29, 0.717) is 24.7 Å². The van der Waals surface area contributed by atoms with Crippen LogP contribution in [0.25, 0.3) is 0 Å². The first-order valence-electron chi connectivity index (χ1n) is 7.61. The normalized spacial score (nSPS) is 9.88. The van der Waals surface area contributed by atoms with Gasteiger partial charge in [0.15, 0.2) is 6.61 Å². The van der Waals surface area contributed by atoms with Gasteiger partial charge in [-0.2, -0.15) is 0 Å². The molecule has 2 aromatic rings. The van der Waals surface area contributed by atoms with Crippen molar-refractivity contribution in [3.63, 3.8) is 0 Å². The van der Waals surface area contributed by atoms with Gasteiger partial charge in [0.25, 0.3) is 5.91 Å². The molecule has 0 saturated heterocycles. The van der Waals surface area contributed by atoms with E-state index in [4.69, 9.17) is 4.74 Å². The van der Waals surface area contributed by atoms with E-state index in [-0.39, 0.29) is 18.5 Å². The Bertz CT molecular complexity index is 659. The number of benzene rings is 1. The highest BCUT2D eigenvalue weighted by atomic mass is 16.5. The summed E-state index contributed by atoms with van der Waals surface area (Å²) in [7, 11) is 0. The van der Waals surface area contributed by atoms with Crippen LogP contribution in [0, 0.1) is 0 Å².